The molecule has 3 aromatic carbocycles. The molecule has 0 radical (unpaired) electrons. The third-order valence-corrected chi connectivity index (χ3v) is 4.65. The van der Waals surface area contributed by atoms with Gasteiger partial charge < -0.3 is 9.47 Å². The van der Waals surface area contributed by atoms with Gasteiger partial charge in [-0.25, -0.2) is 17.2 Å². The Kier molecular flexibility index (Phi) is 6.03. The summed E-state index contributed by atoms with van der Waals surface area (Å²) in [6, 6.07) is 15.8. The molecule has 0 saturated heterocycles. The summed E-state index contributed by atoms with van der Waals surface area (Å²) in [6.45, 7) is 0.229. The minimum atomic E-state index is -3.35. The van der Waals surface area contributed by atoms with Crippen molar-refractivity contribution < 1.29 is 26.7 Å². The molecule has 1 N–H and O–H groups in total. The molecule has 29 heavy (non-hydrogen) atoms. The largest absolute Gasteiger partial charge is 0.496 e. The molecule has 0 aliphatic carbocycles. The van der Waals surface area contributed by atoms with Crippen LogP contribution in [0.2, 0.25) is 0 Å². The Hall–Kier alpha value is -3.13. The molecule has 0 atom stereocenters. The van der Waals surface area contributed by atoms with Gasteiger partial charge in [0.1, 0.15) is 18.1 Å². The third kappa shape index (κ3) is 5.45. The average molecular weight is 419 g/mol. The molecule has 3 aromatic rings. The Morgan fingerprint density at radius 1 is 0.966 bits per heavy atom. The van der Waals surface area contributed by atoms with Crippen LogP contribution in [0.4, 0.5) is 14.5 Å². The van der Waals surface area contributed by atoms with Crippen molar-refractivity contribution in [1.29, 1.82) is 0 Å². The Balaban J connectivity index is 1.72. The van der Waals surface area contributed by atoms with Gasteiger partial charge in [0.15, 0.2) is 11.6 Å². The molecule has 0 bridgehead atoms. The Labute approximate surface area is 168 Å². The molecule has 0 fully saturated rings. The summed E-state index contributed by atoms with van der Waals surface area (Å²) in [4.78, 5) is 0. The zero-order valence-electron chi connectivity index (χ0n) is 15.8. The quantitative estimate of drug-likeness (QED) is 0.608. The Morgan fingerprint density at radius 3 is 2.31 bits per heavy atom. The van der Waals surface area contributed by atoms with Crippen molar-refractivity contribution >= 4 is 15.7 Å². The molecular formula is C21H19F2NO4S. The highest BCUT2D eigenvalue weighted by atomic mass is 32.2. The normalized spacial score (nSPS) is 11.2. The van der Waals surface area contributed by atoms with Crippen LogP contribution in [0, 0.1) is 11.6 Å². The molecule has 0 aliphatic rings. The van der Waals surface area contributed by atoms with Crippen LogP contribution in [0.1, 0.15) is 5.56 Å². The van der Waals surface area contributed by atoms with Crippen molar-refractivity contribution in [3.8, 4) is 22.6 Å². The van der Waals surface area contributed by atoms with Crippen LogP contribution in [-0.2, 0) is 16.6 Å². The van der Waals surface area contributed by atoms with Crippen LogP contribution in [0.25, 0.3) is 11.1 Å². The number of benzene rings is 3. The molecule has 152 valence electrons. The summed E-state index contributed by atoms with van der Waals surface area (Å²) in [6.07, 6.45) is 1.08. The van der Waals surface area contributed by atoms with E-state index in [1.54, 1.807) is 42.5 Å². The summed E-state index contributed by atoms with van der Waals surface area (Å²) >= 11 is 0. The number of halogens is 2. The highest BCUT2D eigenvalue weighted by Gasteiger charge is 2.12. The monoisotopic (exact) mass is 419 g/mol. The van der Waals surface area contributed by atoms with Gasteiger partial charge in [0, 0.05) is 17.3 Å². The first-order chi connectivity index (χ1) is 13.7. The number of methoxy groups -OCH3 is 1. The molecule has 3 rings (SSSR count). The van der Waals surface area contributed by atoms with Crippen molar-refractivity contribution in [2.45, 2.75) is 6.61 Å². The van der Waals surface area contributed by atoms with Gasteiger partial charge >= 0.3 is 0 Å². The number of nitrogens with one attached hydrogen (secondary N) is 1. The number of sulfonamides is 1. The number of ether oxygens (including phenoxy) is 2. The SMILES string of the molecule is COc1cc(F)c(F)cc1-c1ccc(OCc2cccc(NS(C)(=O)=O)c2)cc1. The summed E-state index contributed by atoms with van der Waals surface area (Å²) in [5.41, 5.74) is 2.31. The van der Waals surface area contributed by atoms with Gasteiger partial charge in [0.25, 0.3) is 0 Å². The van der Waals surface area contributed by atoms with Crippen molar-refractivity contribution in [2.75, 3.05) is 18.1 Å². The standard InChI is InChI=1S/C21H19F2NO4S/c1-27-21-12-20(23)19(22)11-18(21)15-6-8-17(9-7-15)28-13-14-4-3-5-16(10-14)24-29(2,25)26/h3-12,24H,13H2,1-2H3. The molecular weight excluding hydrogens is 400 g/mol. The lowest BCUT2D eigenvalue weighted by molar-refractivity contribution is 0.306. The number of hydrogen-bond acceptors (Lipinski definition) is 4. The van der Waals surface area contributed by atoms with E-state index in [0.29, 0.717) is 22.6 Å². The van der Waals surface area contributed by atoms with Gasteiger partial charge in [-0.1, -0.05) is 24.3 Å². The number of rotatable bonds is 7. The molecule has 0 spiro atoms. The smallest absolute Gasteiger partial charge is 0.229 e. The molecule has 0 saturated carbocycles. The predicted octanol–water partition coefficient (Wildman–Crippen LogP) is 4.59. The first-order valence-electron chi connectivity index (χ1n) is 8.58. The van der Waals surface area contributed by atoms with Gasteiger partial charge in [-0.05, 0) is 41.5 Å². The first-order valence-corrected chi connectivity index (χ1v) is 10.5. The first kappa shape index (κ1) is 20.6. The fourth-order valence-corrected chi connectivity index (χ4v) is 3.31. The van der Waals surface area contributed by atoms with E-state index >= 15 is 0 Å². The maximum Gasteiger partial charge on any atom is 0.229 e. The molecule has 8 heteroatoms. The lowest BCUT2D eigenvalue weighted by Crippen LogP contribution is -2.09. The maximum absolute atomic E-state index is 13.6. The summed E-state index contributed by atoms with van der Waals surface area (Å²) in [7, 11) is -1.97. The molecule has 0 aliphatic heterocycles. The molecule has 0 aromatic heterocycles. The predicted molar refractivity (Wildman–Crippen MR) is 108 cm³/mol. The van der Waals surface area contributed by atoms with Crippen molar-refractivity contribution in [3.05, 3.63) is 77.9 Å². The number of hydrogen-bond donors (Lipinski definition) is 1. The van der Waals surface area contributed by atoms with E-state index in [9.17, 15) is 17.2 Å². The van der Waals surface area contributed by atoms with Gasteiger partial charge in [-0.15, -0.1) is 0 Å². The van der Waals surface area contributed by atoms with Crippen molar-refractivity contribution in [3.63, 3.8) is 0 Å². The van der Waals surface area contributed by atoms with Crippen LogP contribution in [-0.4, -0.2) is 21.8 Å². The summed E-state index contributed by atoms with van der Waals surface area (Å²) in [5.74, 6) is -1.13. The fraction of sp³-hybridized carbons (Fsp3) is 0.143. The molecule has 0 amide bonds. The minimum absolute atomic E-state index is 0.229. The van der Waals surface area contributed by atoms with E-state index in [2.05, 4.69) is 4.72 Å². The van der Waals surface area contributed by atoms with Crippen molar-refractivity contribution in [1.82, 2.24) is 0 Å². The summed E-state index contributed by atoms with van der Waals surface area (Å²) < 4.78 is 62.9. The second kappa shape index (κ2) is 8.48. The Morgan fingerprint density at radius 2 is 1.66 bits per heavy atom. The topological polar surface area (TPSA) is 64.6 Å². The zero-order chi connectivity index (χ0) is 21.0. The van der Waals surface area contributed by atoms with E-state index in [1.807, 2.05) is 6.07 Å². The van der Waals surface area contributed by atoms with E-state index in [-0.39, 0.29) is 12.4 Å². The van der Waals surface area contributed by atoms with Crippen LogP contribution < -0.4 is 14.2 Å². The molecule has 0 unspecified atom stereocenters. The lowest BCUT2D eigenvalue weighted by Gasteiger charge is -2.11. The average Bonchev–Trinajstić information content (AvgIpc) is 2.67. The van der Waals surface area contributed by atoms with E-state index in [4.69, 9.17) is 9.47 Å². The summed E-state index contributed by atoms with van der Waals surface area (Å²) in [5, 5.41) is 0. The lowest BCUT2D eigenvalue weighted by atomic mass is 10.0. The minimum Gasteiger partial charge on any atom is -0.496 e. The van der Waals surface area contributed by atoms with Crippen LogP contribution >= 0.6 is 0 Å². The van der Waals surface area contributed by atoms with Crippen LogP contribution in [0.3, 0.4) is 0 Å². The maximum atomic E-state index is 13.6. The number of anilines is 1. The van der Waals surface area contributed by atoms with E-state index < -0.39 is 21.7 Å². The molecule has 0 heterocycles. The van der Waals surface area contributed by atoms with E-state index in [0.717, 1.165) is 24.0 Å². The van der Waals surface area contributed by atoms with Crippen molar-refractivity contribution in [2.24, 2.45) is 0 Å². The second-order valence-electron chi connectivity index (χ2n) is 6.35. The van der Waals surface area contributed by atoms with Gasteiger partial charge in [-0.3, -0.25) is 4.72 Å². The van der Waals surface area contributed by atoms with Crippen LogP contribution in [0.15, 0.2) is 60.7 Å². The fourth-order valence-electron chi connectivity index (χ4n) is 2.76. The highest BCUT2D eigenvalue weighted by molar-refractivity contribution is 7.92. The highest BCUT2D eigenvalue weighted by Crippen LogP contribution is 2.33. The zero-order valence-corrected chi connectivity index (χ0v) is 16.6. The van der Waals surface area contributed by atoms with E-state index in [1.165, 1.54) is 7.11 Å². The molecule has 5 nitrogen and oxygen atoms in total. The van der Waals surface area contributed by atoms with Gasteiger partial charge in [0.2, 0.25) is 10.0 Å². The van der Waals surface area contributed by atoms with Gasteiger partial charge in [0.05, 0.1) is 13.4 Å². The third-order valence-electron chi connectivity index (χ3n) is 4.04. The second-order valence-corrected chi connectivity index (χ2v) is 8.10. The van der Waals surface area contributed by atoms with Crippen LogP contribution in [0.5, 0.6) is 11.5 Å². The Bertz CT molecular complexity index is 1120. The van der Waals surface area contributed by atoms with Gasteiger partial charge in [-0.2, -0.15) is 0 Å².